The van der Waals surface area contributed by atoms with Gasteiger partial charge >= 0.3 is 0 Å². The molecular formula is C12H13N3O3S. The fraction of sp³-hybridized carbons (Fsp3) is 0.167. The lowest BCUT2D eigenvalue weighted by Crippen LogP contribution is -2.24. The van der Waals surface area contributed by atoms with Crippen LogP contribution in [0.5, 0.6) is 5.75 Å². The summed E-state index contributed by atoms with van der Waals surface area (Å²) in [7, 11) is 3.07. The van der Waals surface area contributed by atoms with E-state index in [9.17, 15) is 9.59 Å². The molecule has 19 heavy (non-hydrogen) atoms. The maximum Gasteiger partial charge on any atom is 0.273 e. The second-order valence-corrected chi connectivity index (χ2v) is 4.49. The van der Waals surface area contributed by atoms with E-state index in [0.29, 0.717) is 5.00 Å². The van der Waals surface area contributed by atoms with Gasteiger partial charge in [-0.15, -0.1) is 0 Å². The topological polar surface area (TPSA) is 83.2 Å². The van der Waals surface area contributed by atoms with Crippen molar-refractivity contribution in [1.29, 1.82) is 0 Å². The van der Waals surface area contributed by atoms with E-state index in [1.807, 2.05) is 0 Å². The van der Waals surface area contributed by atoms with E-state index < -0.39 is 11.5 Å². The van der Waals surface area contributed by atoms with Gasteiger partial charge in [-0.3, -0.25) is 14.0 Å². The number of nitrogens with one attached hydrogen (secondary N) is 3. The van der Waals surface area contributed by atoms with Crippen molar-refractivity contribution in [3.8, 4) is 5.75 Å². The monoisotopic (exact) mass is 279 g/mol. The van der Waals surface area contributed by atoms with Crippen LogP contribution in [-0.2, 0) is 0 Å². The van der Waals surface area contributed by atoms with Crippen LogP contribution in [0.4, 0.5) is 10.7 Å². The lowest BCUT2D eigenvalue weighted by atomic mass is 10.2. The Labute approximate surface area is 113 Å². The highest BCUT2D eigenvalue weighted by Crippen LogP contribution is 2.23. The maximum atomic E-state index is 11.6. The molecule has 1 heterocycles. The van der Waals surface area contributed by atoms with Gasteiger partial charge in [0.25, 0.3) is 11.5 Å². The molecule has 0 atom stereocenters. The Balaban J connectivity index is 2.28. The molecule has 0 radical (unpaired) electrons. The first kappa shape index (κ1) is 13.2. The van der Waals surface area contributed by atoms with Crippen LogP contribution in [-0.4, -0.2) is 24.4 Å². The van der Waals surface area contributed by atoms with Crippen LogP contribution in [0.2, 0.25) is 0 Å². The Kier molecular flexibility index (Phi) is 3.86. The fourth-order valence-electron chi connectivity index (χ4n) is 1.53. The van der Waals surface area contributed by atoms with Gasteiger partial charge in [-0.2, -0.15) is 0 Å². The Morgan fingerprint density at radius 3 is 2.58 bits per heavy atom. The smallest absolute Gasteiger partial charge is 0.273 e. The summed E-state index contributed by atoms with van der Waals surface area (Å²) in [6, 6.07) is 7.18. The van der Waals surface area contributed by atoms with Crippen LogP contribution in [0.1, 0.15) is 10.4 Å². The zero-order valence-corrected chi connectivity index (χ0v) is 11.3. The molecule has 0 saturated heterocycles. The minimum Gasteiger partial charge on any atom is -0.497 e. The number of benzene rings is 1. The van der Waals surface area contributed by atoms with Gasteiger partial charge in [-0.05, 0) is 35.8 Å². The second kappa shape index (κ2) is 5.57. The number of anilines is 2. The number of ether oxygens (including phenoxy) is 1. The molecule has 6 nitrogen and oxygen atoms in total. The van der Waals surface area contributed by atoms with E-state index in [2.05, 4.69) is 15.0 Å². The number of H-pyrrole nitrogens is 1. The largest absolute Gasteiger partial charge is 0.497 e. The van der Waals surface area contributed by atoms with E-state index in [1.165, 1.54) is 7.05 Å². The number of hydrogen-bond acceptors (Lipinski definition) is 5. The summed E-state index contributed by atoms with van der Waals surface area (Å²) in [5.74, 6) is 0.317. The first-order valence-electron chi connectivity index (χ1n) is 5.50. The van der Waals surface area contributed by atoms with Gasteiger partial charge in [0.15, 0.2) is 0 Å². The third-order valence-electron chi connectivity index (χ3n) is 2.50. The van der Waals surface area contributed by atoms with Gasteiger partial charge < -0.3 is 15.4 Å². The molecule has 7 heteroatoms. The summed E-state index contributed by atoms with van der Waals surface area (Å²) >= 11 is 1.08. The number of rotatable bonds is 4. The SMILES string of the molecule is CNC(=O)c1c(Nc2ccc(OC)cc2)s[nH]c1=O. The fourth-order valence-corrected chi connectivity index (χ4v) is 2.28. The van der Waals surface area contributed by atoms with Crippen molar-refractivity contribution in [2.24, 2.45) is 0 Å². The standard InChI is InChI=1S/C12H13N3O3S/c1-13-10(16)9-11(17)15-19-12(9)14-7-3-5-8(18-2)6-4-7/h3-6,14H,1-2H3,(H,13,16)(H,15,17). The normalized spacial score (nSPS) is 10.0. The van der Waals surface area contributed by atoms with E-state index in [4.69, 9.17) is 4.74 Å². The van der Waals surface area contributed by atoms with Crippen LogP contribution in [0.15, 0.2) is 29.1 Å². The molecule has 1 aromatic heterocycles. The van der Waals surface area contributed by atoms with Crippen molar-refractivity contribution in [1.82, 2.24) is 9.69 Å². The van der Waals surface area contributed by atoms with Crippen molar-refractivity contribution >= 4 is 28.1 Å². The van der Waals surface area contributed by atoms with E-state index in [1.54, 1.807) is 31.4 Å². The molecule has 0 bridgehead atoms. The Bertz CT molecular complexity index is 630. The lowest BCUT2D eigenvalue weighted by Gasteiger charge is -2.06. The number of carbonyl (C=O) groups excluding carboxylic acids is 1. The molecule has 0 aliphatic heterocycles. The van der Waals surface area contributed by atoms with E-state index in [0.717, 1.165) is 23.0 Å². The maximum absolute atomic E-state index is 11.6. The van der Waals surface area contributed by atoms with Crippen molar-refractivity contribution in [3.05, 3.63) is 40.2 Å². The summed E-state index contributed by atoms with van der Waals surface area (Å²) in [5.41, 5.74) is 0.449. The molecule has 100 valence electrons. The summed E-state index contributed by atoms with van der Waals surface area (Å²) in [5, 5.41) is 5.95. The second-order valence-electron chi connectivity index (χ2n) is 3.67. The molecule has 2 rings (SSSR count). The van der Waals surface area contributed by atoms with Crippen LogP contribution < -0.4 is 20.9 Å². The average molecular weight is 279 g/mol. The molecule has 0 unspecified atom stereocenters. The quantitative estimate of drug-likeness (QED) is 0.793. The Hall–Kier alpha value is -2.28. The Morgan fingerprint density at radius 2 is 2.00 bits per heavy atom. The van der Waals surface area contributed by atoms with Gasteiger partial charge in [-0.1, -0.05) is 0 Å². The van der Waals surface area contributed by atoms with Gasteiger partial charge in [0.05, 0.1) is 7.11 Å². The zero-order chi connectivity index (χ0) is 13.8. The number of carbonyl (C=O) groups is 1. The summed E-state index contributed by atoms with van der Waals surface area (Å²) < 4.78 is 7.59. The molecule has 0 aliphatic rings. The van der Waals surface area contributed by atoms with Crippen LogP contribution >= 0.6 is 11.5 Å². The predicted octanol–water partition coefficient (Wildman–Crippen LogP) is 1.55. The molecular weight excluding hydrogens is 266 g/mol. The van der Waals surface area contributed by atoms with Gasteiger partial charge in [0.2, 0.25) is 0 Å². The zero-order valence-electron chi connectivity index (χ0n) is 10.4. The van der Waals surface area contributed by atoms with E-state index >= 15 is 0 Å². The van der Waals surface area contributed by atoms with Crippen LogP contribution in [0.25, 0.3) is 0 Å². The number of hydrogen-bond donors (Lipinski definition) is 3. The molecule has 2 aromatic rings. The molecule has 0 aliphatic carbocycles. The highest BCUT2D eigenvalue weighted by molar-refractivity contribution is 7.10. The van der Waals surface area contributed by atoms with Gasteiger partial charge in [0.1, 0.15) is 16.3 Å². The average Bonchev–Trinajstić information content (AvgIpc) is 2.80. The minimum absolute atomic E-state index is 0.0864. The molecule has 1 amide bonds. The third kappa shape index (κ3) is 2.76. The molecule has 1 aromatic carbocycles. The van der Waals surface area contributed by atoms with Gasteiger partial charge in [0, 0.05) is 12.7 Å². The number of aromatic amines is 1. The van der Waals surface area contributed by atoms with Crippen LogP contribution in [0, 0.1) is 0 Å². The van der Waals surface area contributed by atoms with Crippen molar-refractivity contribution in [3.63, 3.8) is 0 Å². The molecule has 0 spiro atoms. The van der Waals surface area contributed by atoms with Crippen molar-refractivity contribution in [2.75, 3.05) is 19.5 Å². The van der Waals surface area contributed by atoms with Crippen molar-refractivity contribution in [2.45, 2.75) is 0 Å². The predicted molar refractivity (Wildman–Crippen MR) is 74.6 cm³/mol. The third-order valence-corrected chi connectivity index (χ3v) is 3.30. The lowest BCUT2D eigenvalue weighted by molar-refractivity contribution is 0.0963. The van der Waals surface area contributed by atoms with E-state index in [-0.39, 0.29) is 5.56 Å². The van der Waals surface area contributed by atoms with Crippen molar-refractivity contribution < 1.29 is 9.53 Å². The molecule has 0 fully saturated rings. The summed E-state index contributed by atoms with van der Waals surface area (Å²) in [6.45, 7) is 0. The highest BCUT2D eigenvalue weighted by Gasteiger charge is 2.17. The number of aromatic nitrogens is 1. The number of amides is 1. The minimum atomic E-state index is -0.418. The molecule has 3 N–H and O–H groups in total. The first-order valence-corrected chi connectivity index (χ1v) is 6.32. The molecule has 0 saturated carbocycles. The van der Waals surface area contributed by atoms with Gasteiger partial charge in [-0.25, -0.2) is 0 Å². The Morgan fingerprint density at radius 1 is 1.32 bits per heavy atom. The summed E-state index contributed by atoms with van der Waals surface area (Å²) in [6.07, 6.45) is 0. The first-order chi connectivity index (χ1) is 9.15. The van der Waals surface area contributed by atoms with Crippen LogP contribution in [0.3, 0.4) is 0 Å². The number of methoxy groups -OCH3 is 1. The highest BCUT2D eigenvalue weighted by atomic mass is 32.1. The summed E-state index contributed by atoms with van der Waals surface area (Å²) in [4.78, 5) is 23.2.